The Morgan fingerprint density at radius 2 is 1.72 bits per heavy atom. The summed E-state index contributed by atoms with van der Waals surface area (Å²) in [6.07, 6.45) is 0. The van der Waals surface area contributed by atoms with Crippen molar-refractivity contribution in [1.29, 1.82) is 0 Å². The summed E-state index contributed by atoms with van der Waals surface area (Å²) in [5.41, 5.74) is 9.40. The van der Waals surface area contributed by atoms with Crippen molar-refractivity contribution < 1.29 is 4.74 Å². The molecule has 0 amide bonds. The first-order valence-electron chi connectivity index (χ1n) is 5.71. The van der Waals surface area contributed by atoms with E-state index in [1.807, 2.05) is 49.4 Å². The van der Waals surface area contributed by atoms with Crippen LogP contribution in [0.2, 0.25) is 0 Å². The van der Waals surface area contributed by atoms with E-state index in [0.29, 0.717) is 0 Å². The van der Waals surface area contributed by atoms with Crippen molar-refractivity contribution in [2.24, 2.45) is 0 Å². The first-order chi connectivity index (χ1) is 8.69. The van der Waals surface area contributed by atoms with Gasteiger partial charge in [-0.25, -0.2) is 0 Å². The molecule has 2 N–H and O–H groups in total. The van der Waals surface area contributed by atoms with Gasteiger partial charge in [0.2, 0.25) is 0 Å². The van der Waals surface area contributed by atoms with Gasteiger partial charge in [0.15, 0.2) is 0 Å². The highest BCUT2D eigenvalue weighted by Gasteiger charge is 1.97. The molecule has 0 aliphatic heterocycles. The third-order valence-electron chi connectivity index (χ3n) is 2.63. The summed E-state index contributed by atoms with van der Waals surface area (Å²) >= 11 is 0. The lowest BCUT2D eigenvalue weighted by atomic mass is 10.1. The fourth-order valence-electron chi connectivity index (χ4n) is 1.72. The number of ether oxygens (including phenoxy) is 1. The molecule has 2 nitrogen and oxygen atoms in total. The lowest BCUT2D eigenvalue weighted by Crippen LogP contribution is -1.87. The van der Waals surface area contributed by atoms with Crippen LogP contribution in [0.4, 0.5) is 5.69 Å². The molecule has 2 aromatic rings. The largest absolute Gasteiger partial charge is 0.496 e. The van der Waals surface area contributed by atoms with E-state index < -0.39 is 0 Å². The highest BCUT2D eigenvalue weighted by molar-refractivity contribution is 5.51. The number of aryl methyl sites for hydroxylation is 1. The first-order valence-corrected chi connectivity index (χ1v) is 5.71. The van der Waals surface area contributed by atoms with E-state index in [0.717, 1.165) is 28.1 Å². The van der Waals surface area contributed by atoms with E-state index in [9.17, 15) is 0 Å². The van der Waals surface area contributed by atoms with Gasteiger partial charge in [0, 0.05) is 16.8 Å². The zero-order valence-electron chi connectivity index (χ0n) is 10.5. The first kappa shape index (κ1) is 12.1. The minimum absolute atomic E-state index is 0.729. The second kappa shape index (κ2) is 5.29. The van der Waals surface area contributed by atoms with E-state index in [-0.39, 0.29) is 0 Å². The molecule has 0 saturated heterocycles. The quantitative estimate of drug-likeness (QED) is 0.611. The Kier molecular flexibility index (Phi) is 3.54. The molecular weight excluding hydrogens is 222 g/mol. The Hall–Kier alpha value is -2.40. The minimum atomic E-state index is 0.729. The molecule has 90 valence electrons. The fraction of sp³-hybridized carbons (Fsp3) is 0.125. The Bertz CT molecular complexity index is 620. The molecule has 0 heterocycles. The molecule has 0 fully saturated rings. The molecule has 0 spiro atoms. The lowest BCUT2D eigenvalue weighted by molar-refractivity contribution is 0.411. The molecule has 18 heavy (non-hydrogen) atoms. The van der Waals surface area contributed by atoms with Crippen molar-refractivity contribution in [3.63, 3.8) is 0 Å². The van der Waals surface area contributed by atoms with Gasteiger partial charge in [0.25, 0.3) is 0 Å². The molecule has 0 aliphatic rings. The van der Waals surface area contributed by atoms with Gasteiger partial charge in [0.05, 0.1) is 7.11 Å². The fourth-order valence-corrected chi connectivity index (χ4v) is 1.72. The molecule has 2 rings (SSSR count). The minimum Gasteiger partial charge on any atom is -0.496 e. The standard InChI is InChI=1S/C16H15NO/c1-12-10-14(8-9-16(12)18-2)7-6-13-4-3-5-15(17)11-13/h3-5,8-11H,17H2,1-2H3. The summed E-state index contributed by atoms with van der Waals surface area (Å²) < 4.78 is 5.21. The van der Waals surface area contributed by atoms with Crippen LogP contribution >= 0.6 is 0 Å². The van der Waals surface area contributed by atoms with Crippen molar-refractivity contribution in [3.05, 3.63) is 59.2 Å². The maximum Gasteiger partial charge on any atom is 0.121 e. The predicted octanol–water partition coefficient (Wildman–Crippen LogP) is 2.99. The third kappa shape index (κ3) is 2.83. The third-order valence-corrected chi connectivity index (χ3v) is 2.63. The van der Waals surface area contributed by atoms with Gasteiger partial charge in [-0.2, -0.15) is 0 Å². The van der Waals surface area contributed by atoms with Crippen LogP contribution in [0.5, 0.6) is 5.75 Å². The average molecular weight is 237 g/mol. The summed E-state index contributed by atoms with van der Waals surface area (Å²) in [6.45, 7) is 2.00. The number of nitrogen functional groups attached to an aromatic ring is 1. The van der Waals surface area contributed by atoms with E-state index in [1.165, 1.54) is 0 Å². The molecule has 2 heteroatoms. The van der Waals surface area contributed by atoms with Crippen molar-refractivity contribution >= 4 is 5.69 Å². The number of rotatable bonds is 1. The summed E-state index contributed by atoms with van der Waals surface area (Å²) in [6, 6.07) is 13.5. The Morgan fingerprint density at radius 3 is 2.33 bits per heavy atom. The van der Waals surface area contributed by atoms with Crippen LogP contribution in [0.3, 0.4) is 0 Å². The van der Waals surface area contributed by atoms with Crippen LogP contribution in [0.1, 0.15) is 16.7 Å². The van der Waals surface area contributed by atoms with Crippen LogP contribution in [-0.4, -0.2) is 7.11 Å². The second-order valence-corrected chi connectivity index (χ2v) is 4.06. The van der Waals surface area contributed by atoms with Gasteiger partial charge < -0.3 is 10.5 Å². The Labute approximate surface area is 107 Å². The van der Waals surface area contributed by atoms with Crippen LogP contribution in [-0.2, 0) is 0 Å². The Morgan fingerprint density at radius 1 is 1.00 bits per heavy atom. The van der Waals surface area contributed by atoms with Gasteiger partial charge in [-0.05, 0) is 48.9 Å². The predicted molar refractivity (Wildman–Crippen MR) is 74.6 cm³/mol. The molecule has 0 radical (unpaired) electrons. The van der Waals surface area contributed by atoms with Crippen molar-refractivity contribution in [2.75, 3.05) is 12.8 Å². The number of benzene rings is 2. The molecule has 0 atom stereocenters. The van der Waals surface area contributed by atoms with Crippen LogP contribution in [0, 0.1) is 18.8 Å². The van der Waals surface area contributed by atoms with E-state index in [4.69, 9.17) is 10.5 Å². The van der Waals surface area contributed by atoms with Gasteiger partial charge in [0.1, 0.15) is 5.75 Å². The number of hydrogen-bond acceptors (Lipinski definition) is 2. The zero-order chi connectivity index (χ0) is 13.0. The summed E-state index contributed by atoms with van der Waals surface area (Å²) in [7, 11) is 1.67. The summed E-state index contributed by atoms with van der Waals surface area (Å²) in [4.78, 5) is 0. The number of nitrogens with two attached hydrogens (primary N) is 1. The van der Waals surface area contributed by atoms with Crippen molar-refractivity contribution in [2.45, 2.75) is 6.92 Å². The molecule has 0 unspecified atom stereocenters. The molecule has 0 saturated carbocycles. The highest BCUT2D eigenvalue weighted by atomic mass is 16.5. The average Bonchev–Trinajstić information content (AvgIpc) is 2.37. The summed E-state index contributed by atoms with van der Waals surface area (Å²) in [5.74, 6) is 7.09. The molecule has 0 bridgehead atoms. The topological polar surface area (TPSA) is 35.2 Å². The lowest BCUT2D eigenvalue weighted by Gasteiger charge is -2.03. The van der Waals surface area contributed by atoms with E-state index >= 15 is 0 Å². The normalized spacial score (nSPS) is 9.44. The monoisotopic (exact) mass is 237 g/mol. The molecule has 0 aliphatic carbocycles. The van der Waals surface area contributed by atoms with Gasteiger partial charge >= 0.3 is 0 Å². The summed E-state index contributed by atoms with van der Waals surface area (Å²) in [5, 5.41) is 0. The number of anilines is 1. The van der Waals surface area contributed by atoms with Gasteiger partial charge in [-0.3, -0.25) is 0 Å². The number of hydrogen-bond donors (Lipinski definition) is 1. The van der Waals surface area contributed by atoms with Gasteiger partial charge in [-0.15, -0.1) is 0 Å². The smallest absolute Gasteiger partial charge is 0.121 e. The number of methoxy groups -OCH3 is 1. The van der Waals surface area contributed by atoms with Crippen molar-refractivity contribution in [1.82, 2.24) is 0 Å². The maximum absolute atomic E-state index is 5.71. The zero-order valence-corrected chi connectivity index (χ0v) is 10.5. The Balaban J connectivity index is 2.27. The highest BCUT2D eigenvalue weighted by Crippen LogP contribution is 2.17. The van der Waals surface area contributed by atoms with Crippen LogP contribution in [0.15, 0.2) is 42.5 Å². The van der Waals surface area contributed by atoms with Crippen LogP contribution in [0.25, 0.3) is 0 Å². The molecule has 0 aromatic heterocycles. The van der Waals surface area contributed by atoms with E-state index in [2.05, 4.69) is 11.8 Å². The second-order valence-electron chi connectivity index (χ2n) is 4.06. The molecule has 2 aromatic carbocycles. The SMILES string of the molecule is COc1ccc(C#Cc2cccc(N)c2)cc1C. The maximum atomic E-state index is 5.71. The van der Waals surface area contributed by atoms with E-state index in [1.54, 1.807) is 7.11 Å². The van der Waals surface area contributed by atoms with Crippen molar-refractivity contribution in [3.8, 4) is 17.6 Å². The van der Waals surface area contributed by atoms with Gasteiger partial charge in [-0.1, -0.05) is 17.9 Å². The van der Waals surface area contributed by atoms with Crippen LogP contribution < -0.4 is 10.5 Å². The molecular formula is C16H15NO.